The van der Waals surface area contributed by atoms with Gasteiger partial charge in [0, 0.05) is 33.4 Å². The number of ether oxygens (including phenoxy) is 1. The molecule has 2 rings (SSSR count). The summed E-state index contributed by atoms with van der Waals surface area (Å²) >= 11 is 1.64. The highest BCUT2D eigenvalue weighted by Gasteiger charge is 2.12. The fraction of sp³-hybridized carbons (Fsp3) is 0.429. The van der Waals surface area contributed by atoms with E-state index in [1.807, 2.05) is 31.3 Å². The van der Waals surface area contributed by atoms with E-state index in [9.17, 15) is 0 Å². The highest BCUT2D eigenvalue weighted by Crippen LogP contribution is 2.30. The SMILES string of the molecule is COc1nc(N(C)C)sc1CNCc1ncccc1C. The second kappa shape index (κ2) is 6.67. The van der Waals surface area contributed by atoms with Crippen LogP contribution in [0.2, 0.25) is 0 Å². The number of pyridine rings is 1. The minimum absolute atomic E-state index is 0.698. The van der Waals surface area contributed by atoms with Crippen LogP contribution in [0.15, 0.2) is 18.3 Å². The van der Waals surface area contributed by atoms with Gasteiger partial charge in [-0.3, -0.25) is 4.98 Å². The van der Waals surface area contributed by atoms with Crippen LogP contribution in [0.4, 0.5) is 5.13 Å². The molecule has 108 valence electrons. The van der Waals surface area contributed by atoms with Crippen molar-refractivity contribution in [1.82, 2.24) is 15.3 Å². The van der Waals surface area contributed by atoms with E-state index < -0.39 is 0 Å². The Morgan fingerprint density at radius 1 is 1.35 bits per heavy atom. The van der Waals surface area contributed by atoms with Gasteiger partial charge in [0.25, 0.3) is 0 Å². The zero-order valence-corrected chi connectivity index (χ0v) is 13.1. The number of aryl methyl sites for hydroxylation is 1. The maximum Gasteiger partial charge on any atom is 0.230 e. The van der Waals surface area contributed by atoms with Gasteiger partial charge in [-0.1, -0.05) is 17.4 Å². The highest BCUT2D eigenvalue weighted by molar-refractivity contribution is 7.15. The van der Waals surface area contributed by atoms with Gasteiger partial charge in [0.2, 0.25) is 5.88 Å². The zero-order valence-electron chi connectivity index (χ0n) is 12.3. The van der Waals surface area contributed by atoms with Gasteiger partial charge < -0.3 is 15.0 Å². The van der Waals surface area contributed by atoms with Crippen LogP contribution in [-0.4, -0.2) is 31.2 Å². The Bertz CT molecular complexity index is 568. The van der Waals surface area contributed by atoms with Crippen LogP contribution < -0.4 is 15.0 Å². The average molecular weight is 292 g/mol. The van der Waals surface area contributed by atoms with E-state index in [4.69, 9.17) is 4.74 Å². The molecule has 2 aromatic rings. The third-order valence-electron chi connectivity index (χ3n) is 2.92. The van der Waals surface area contributed by atoms with E-state index in [-0.39, 0.29) is 0 Å². The standard InChI is InChI=1S/C14H20N4OS/c1-10-6-5-7-16-11(10)8-15-9-12-13(19-4)17-14(20-12)18(2)3/h5-7,15H,8-9H2,1-4H3. The molecule has 0 aliphatic rings. The Balaban J connectivity index is 1.99. The third kappa shape index (κ3) is 3.46. The number of rotatable bonds is 6. The van der Waals surface area contributed by atoms with Gasteiger partial charge in [-0.25, -0.2) is 0 Å². The highest BCUT2D eigenvalue weighted by atomic mass is 32.1. The first-order chi connectivity index (χ1) is 9.61. The largest absolute Gasteiger partial charge is 0.480 e. The van der Waals surface area contributed by atoms with Crippen LogP contribution >= 0.6 is 11.3 Å². The number of anilines is 1. The molecule has 1 N–H and O–H groups in total. The fourth-order valence-corrected chi connectivity index (χ4v) is 2.71. The Labute approximate surface area is 123 Å². The predicted molar refractivity (Wildman–Crippen MR) is 82.5 cm³/mol. The smallest absolute Gasteiger partial charge is 0.230 e. The van der Waals surface area contributed by atoms with Crippen molar-refractivity contribution in [3.8, 4) is 5.88 Å². The van der Waals surface area contributed by atoms with Gasteiger partial charge in [-0.15, -0.1) is 0 Å². The maximum atomic E-state index is 5.32. The number of nitrogens with one attached hydrogen (secondary N) is 1. The Hall–Kier alpha value is -1.66. The molecule has 0 unspecified atom stereocenters. The molecule has 2 aromatic heterocycles. The van der Waals surface area contributed by atoms with Crippen LogP contribution in [0.1, 0.15) is 16.1 Å². The van der Waals surface area contributed by atoms with Crippen molar-refractivity contribution in [1.29, 1.82) is 0 Å². The van der Waals surface area contributed by atoms with Crippen molar-refractivity contribution < 1.29 is 4.74 Å². The van der Waals surface area contributed by atoms with Crippen molar-refractivity contribution in [2.75, 3.05) is 26.1 Å². The van der Waals surface area contributed by atoms with Crippen LogP contribution in [0, 0.1) is 6.92 Å². The van der Waals surface area contributed by atoms with Gasteiger partial charge in [-0.05, 0) is 18.6 Å². The summed E-state index contributed by atoms with van der Waals surface area (Å²) in [6, 6.07) is 4.02. The molecule has 0 saturated carbocycles. The Kier molecular flexibility index (Phi) is 4.92. The van der Waals surface area contributed by atoms with Gasteiger partial charge >= 0.3 is 0 Å². The number of aromatic nitrogens is 2. The molecule has 0 fully saturated rings. The van der Waals surface area contributed by atoms with Gasteiger partial charge in [-0.2, -0.15) is 4.98 Å². The molecular weight excluding hydrogens is 272 g/mol. The van der Waals surface area contributed by atoms with Crippen LogP contribution in [0.25, 0.3) is 0 Å². The molecule has 0 amide bonds. The molecule has 0 aromatic carbocycles. The lowest BCUT2D eigenvalue weighted by Crippen LogP contribution is -2.14. The van der Waals surface area contributed by atoms with Crippen LogP contribution in [0.3, 0.4) is 0 Å². The first-order valence-electron chi connectivity index (χ1n) is 6.44. The fourth-order valence-electron chi connectivity index (χ4n) is 1.79. The van der Waals surface area contributed by atoms with E-state index in [0.717, 1.165) is 28.8 Å². The molecule has 0 saturated heterocycles. The van der Waals surface area contributed by atoms with E-state index in [2.05, 4.69) is 28.3 Å². The van der Waals surface area contributed by atoms with Gasteiger partial charge in [0.1, 0.15) is 0 Å². The molecule has 6 heteroatoms. The van der Waals surface area contributed by atoms with Gasteiger partial charge in [0.05, 0.1) is 17.7 Å². The Morgan fingerprint density at radius 3 is 2.80 bits per heavy atom. The first-order valence-corrected chi connectivity index (χ1v) is 7.25. The lowest BCUT2D eigenvalue weighted by Gasteiger charge is -2.06. The summed E-state index contributed by atoms with van der Waals surface area (Å²) in [7, 11) is 5.61. The van der Waals surface area contributed by atoms with Crippen molar-refractivity contribution in [3.05, 3.63) is 34.5 Å². The molecule has 0 aliphatic carbocycles. The van der Waals surface area contributed by atoms with E-state index in [1.165, 1.54) is 5.56 Å². The number of thiazole rings is 1. The quantitative estimate of drug-likeness (QED) is 0.884. The molecule has 5 nitrogen and oxygen atoms in total. The summed E-state index contributed by atoms with van der Waals surface area (Å²) < 4.78 is 5.32. The number of hydrogen-bond donors (Lipinski definition) is 1. The summed E-state index contributed by atoms with van der Waals surface area (Å²) in [6.45, 7) is 3.54. The van der Waals surface area contributed by atoms with Crippen molar-refractivity contribution in [2.45, 2.75) is 20.0 Å². The van der Waals surface area contributed by atoms with Crippen LogP contribution in [0.5, 0.6) is 5.88 Å². The van der Waals surface area contributed by atoms with Gasteiger partial charge in [0.15, 0.2) is 5.13 Å². The van der Waals surface area contributed by atoms with E-state index >= 15 is 0 Å². The average Bonchev–Trinajstić information content (AvgIpc) is 2.84. The molecule has 2 heterocycles. The molecule has 0 radical (unpaired) electrons. The van der Waals surface area contributed by atoms with Crippen molar-refractivity contribution in [3.63, 3.8) is 0 Å². The molecule has 0 atom stereocenters. The molecule has 0 bridgehead atoms. The second-order valence-corrected chi connectivity index (χ2v) is 5.76. The summed E-state index contributed by atoms with van der Waals surface area (Å²) in [5.41, 5.74) is 2.27. The number of nitrogens with zero attached hydrogens (tertiary/aromatic N) is 3. The molecule has 0 spiro atoms. The zero-order chi connectivity index (χ0) is 14.5. The van der Waals surface area contributed by atoms with Crippen molar-refractivity contribution in [2.24, 2.45) is 0 Å². The van der Waals surface area contributed by atoms with Crippen molar-refractivity contribution >= 4 is 16.5 Å². The summed E-state index contributed by atoms with van der Waals surface area (Å²) in [4.78, 5) is 11.9. The topological polar surface area (TPSA) is 50.3 Å². The second-order valence-electron chi connectivity index (χ2n) is 4.69. The Morgan fingerprint density at radius 2 is 2.15 bits per heavy atom. The minimum atomic E-state index is 0.698. The third-order valence-corrected chi connectivity index (χ3v) is 4.13. The predicted octanol–water partition coefficient (Wildman–Crippen LogP) is 2.21. The first kappa shape index (κ1) is 14.7. The summed E-state index contributed by atoms with van der Waals surface area (Å²) in [5.74, 6) is 0.698. The summed E-state index contributed by atoms with van der Waals surface area (Å²) in [6.07, 6.45) is 1.82. The monoisotopic (exact) mass is 292 g/mol. The van der Waals surface area contributed by atoms with Crippen LogP contribution in [-0.2, 0) is 13.1 Å². The minimum Gasteiger partial charge on any atom is -0.480 e. The lowest BCUT2D eigenvalue weighted by atomic mass is 10.2. The molecular formula is C14H20N4OS. The van der Waals surface area contributed by atoms with E-state index in [1.54, 1.807) is 18.4 Å². The summed E-state index contributed by atoms with van der Waals surface area (Å²) in [5, 5.41) is 4.35. The molecule has 20 heavy (non-hydrogen) atoms. The van der Waals surface area contributed by atoms with E-state index in [0.29, 0.717) is 5.88 Å². The molecule has 0 aliphatic heterocycles. The number of hydrogen-bond acceptors (Lipinski definition) is 6. The maximum absolute atomic E-state index is 5.32. The number of methoxy groups -OCH3 is 1. The normalized spacial score (nSPS) is 10.6. The lowest BCUT2D eigenvalue weighted by molar-refractivity contribution is 0.394.